The number of rotatable bonds is 4. The average Bonchev–Trinajstić information content (AvgIpc) is 2.68. The molecule has 2 rings (SSSR count). The third-order valence-electron chi connectivity index (χ3n) is 2.82. The minimum absolute atomic E-state index is 0.0269. The molecule has 18 heavy (non-hydrogen) atoms. The van der Waals surface area contributed by atoms with Crippen LogP contribution in [0.3, 0.4) is 0 Å². The number of carboxylic acids is 1. The van der Waals surface area contributed by atoms with Gasteiger partial charge in [-0.3, -0.25) is 4.68 Å². The molecule has 0 amide bonds. The fourth-order valence-corrected chi connectivity index (χ4v) is 1.63. The largest absolute Gasteiger partial charge is 0.476 e. The van der Waals surface area contributed by atoms with Crippen LogP contribution in [0.5, 0.6) is 0 Å². The highest BCUT2D eigenvalue weighted by Gasteiger charge is 2.11. The number of carboxylic acid groups (broad SMARTS) is 1. The van der Waals surface area contributed by atoms with Crippen molar-refractivity contribution in [2.24, 2.45) is 7.05 Å². The number of carbonyl (C=O) groups is 1. The molecule has 0 saturated heterocycles. The van der Waals surface area contributed by atoms with E-state index in [1.807, 2.05) is 14.0 Å². The molecule has 0 aliphatic heterocycles. The van der Waals surface area contributed by atoms with E-state index >= 15 is 0 Å². The van der Waals surface area contributed by atoms with E-state index in [9.17, 15) is 4.79 Å². The van der Waals surface area contributed by atoms with Gasteiger partial charge in [0, 0.05) is 31.0 Å². The molecule has 0 atom stereocenters. The number of pyridine rings is 1. The summed E-state index contributed by atoms with van der Waals surface area (Å²) in [5.74, 6) is -1.04. The van der Waals surface area contributed by atoms with Crippen molar-refractivity contribution in [1.82, 2.24) is 14.8 Å². The first-order valence-corrected chi connectivity index (χ1v) is 5.49. The molecular weight excluding hydrogens is 232 g/mol. The first kappa shape index (κ1) is 12.1. The van der Waals surface area contributed by atoms with E-state index in [0.717, 1.165) is 11.3 Å². The molecule has 0 aliphatic carbocycles. The van der Waals surface area contributed by atoms with Gasteiger partial charge in [0.05, 0.1) is 11.9 Å². The summed E-state index contributed by atoms with van der Waals surface area (Å²) >= 11 is 0. The van der Waals surface area contributed by atoms with E-state index in [2.05, 4.69) is 15.4 Å². The van der Waals surface area contributed by atoms with Crippen LogP contribution in [-0.2, 0) is 13.6 Å². The van der Waals surface area contributed by atoms with Gasteiger partial charge in [-0.05, 0) is 19.1 Å². The lowest BCUT2D eigenvalue weighted by Gasteiger charge is -2.08. The summed E-state index contributed by atoms with van der Waals surface area (Å²) < 4.78 is 1.78. The highest BCUT2D eigenvalue weighted by Crippen LogP contribution is 2.14. The molecule has 2 aromatic heterocycles. The van der Waals surface area contributed by atoms with Gasteiger partial charge in [-0.2, -0.15) is 5.10 Å². The van der Waals surface area contributed by atoms with Crippen LogP contribution in [0.25, 0.3) is 0 Å². The second kappa shape index (κ2) is 4.87. The minimum atomic E-state index is -1.04. The van der Waals surface area contributed by atoms with Crippen molar-refractivity contribution in [3.8, 4) is 0 Å². The average molecular weight is 246 g/mol. The van der Waals surface area contributed by atoms with Gasteiger partial charge in [-0.15, -0.1) is 0 Å². The fraction of sp³-hybridized carbons (Fsp3) is 0.250. The van der Waals surface area contributed by atoms with Gasteiger partial charge in [0.2, 0.25) is 0 Å². The summed E-state index contributed by atoms with van der Waals surface area (Å²) in [7, 11) is 1.87. The summed E-state index contributed by atoms with van der Waals surface area (Å²) in [5.41, 5.74) is 2.60. The Morgan fingerprint density at radius 3 is 2.94 bits per heavy atom. The molecule has 2 aromatic rings. The predicted molar refractivity (Wildman–Crippen MR) is 66.5 cm³/mol. The van der Waals surface area contributed by atoms with Crippen molar-refractivity contribution >= 4 is 11.7 Å². The van der Waals surface area contributed by atoms with Crippen LogP contribution in [0.15, 0.2) is 24.5 Å². The Bertz CT molecular complexity index is 577. The normalized spacial score (nSPS) is 10.3. The van der Waals surface area contributed by atoms with E-state index < -0.39 is 5.97 Å². The molecule has 0 aliphatic rings. The molecular formula is C12H14N4O2. The van der Waals surface area contributed by atoms with Crippen molar-refractivity contribution in [1.29, 1.82) is 0 Å². The minimum Gasteiger partial charge on any atom is -0.476 e. The van der Waals surface area contributed by atoms with Gasteiger partial charge in [0.1, 0.15) is 0 Å². The third-order valence-corrected chi connectivity index (χ3v) is 2.82. The zero-order valence-corrected chi connectivity index (χ0v) is 10.2. The number of aromatic nitrogens is 3. The van der Waals surface area contributed by atoms with Crippen molar-refractivity contribution in [3.63, 3.8) is 0 Å². The fourth-order valence-electron chi connectivity index (χ4n) is 1.63. The second-order valence-electron chi connectivity index (χ2n) is 3.94. The third kappa shape index (κ3) is 2.32. The lowest BCUT2D eigenvalue weighted by atomic mass is 10.2. The topological polar surface area (TPSA) is 80.0 Å². The smallest absolute Gasteiger partial charge is 0.356 e. The van der Waals surface area contributed by atoms with Crippen LogP contribution in [0.2, 0.25) is 0 Å². The second-order valence-corrected chi connectivity index (χ2v) is 3.94. The number of aromatic carboxylic acids is 1. The van der Waals surface area contributed by atoms with Crippen LogP contribution < -0.4 is 5.32 Å². The quantitative estimate of drug-likeness (QED) is 0.853. The number of hydrogen-bond donors (Lipinski definition) is 2. The van der Waals surface area contributed by atoms with Crippen LogP contribution in [0.4, 0.5) is 5.69 Å². The molecule has 6 nitrogen and oxygen atoms in total. The van der Waals surface area contributed by atoms with Crippen molar-refractivity contribution in [2.75, 3.05) is 5.32 Å². The number of nitrogens with zero attached hydrogens (tertiary/aromatic N) is 3. The molecule has 94 valence electrons. The SMILES string of the molecule is Cc1c(CNc2cccnc2C(=O)O)cnn1C. The van der Waals surface area contributed by atoms with E-state index in [1.165, 1.54) is 6.20 Å². The molecule has 0 unspecified atom stereocenters. The maximum absolute atomic E-state index is 11.0. The lowest BCUT2D eigenvalue weighted by Crippen LogP contribution is -2.08. The van der Waals surface area contributed by atoms with Crippen LogP contribution in [-0.4, -0.2) is 25.8 Å². The molecule has 0 saturated carbocycles. The molecule has 2 heterocycles. The van der Waals surface area contributed by atoms with E-state index in [4.69, 9.17) is 5.11 Å². The maximum Gasteiger partial charge on any atom is 0.356 e. The Labute approximate surface area is 104 Å². The van der Waals surface area contributed by atoms with Gasteiger partial charge in [-0.1, -0.05) is 0 Å². The predicted octanol–water partition coefficient (Wildman–Crippen LogP) is 1.43. The Morgan fingerprint density at radius 1 is 1.56 bits per heavy atom. The van der Waals surface area contributed by atoms with Crippen molar-refractivity contribution in [3.05, 3.63) is 41.5 Å². The summed E-state index contributed by atoms with van der Waals surface area (Å²) in [4.78, 5) is 14.8. The van der Waals surface area contributed by atoms with Gasteiger partial charge < -0.3 is 10.4 Å². The van der Waals surface area contributed by atoms with Gasteiger partial charge in [0.15, 0.2) is 5.69 Å². The van der Waals surface area contributed by atoms with Crippen LogP contribution in [0.1, 0.15) is 21.7 Å². The van der Waals surface area contributed by atoms with Crippen LogP contribution in [0, 0.1) is 6.92 Å². The lowest BCUT2D eigenvalue weighted by molar-refractivity contribution is 0.0691. The van der Waals surface area contributed by atoms with Crippen molar-refractivity contribution in [2.45, 2.75) is 13.5 Å². The Morgan fingerprint density at radius 2 is 2.33 bits per heavy atom. The summed E-state index contributed by atoms with van der Waals surface area (Å²) in [6, 6.07) is 3.40. The zero-order chi connectivity index (χ0) is 13.1. The number of anilines is 1. The van der Waals surface area contributed by atoms with E-state index in [-0.39, 0.29) is 5.69 Å². The van der Waals surface area contributed by atoms with Gasteiger partial charge >= 0.3 is 5.97 Å². The summed E-state index contributed by atoms with van der Waals surface area (Å²) in [5, 5.41) is 16.2. The highest BCUT2D eigenvalue weighted by molar-refractivity contribution is 5.91. The van der Waals surface area contributed by atoms with Gasteiger partial charge in [0.25, 0.3) is 0 Å². The van der Waals surface area contributed by atoms with E-state index in [0.29, 0.717) is 12.2 Å². The number of nitrogens with one attached hydrogen (secondary N) is 1. The van der Waals surface area contributed by atoms with Crippen molar-refractivity contribution < 1.29 is 9.90 Å². The van der Waals surface area contributed by atoms with E-state index in [1.54, 1.807) is 23.0 Å². The summed E-state index contributed by atoms with van der Waals surface area (Å²) in [6.07, 6.45) is 3.23. The molecule has 0 radical (unpaired) electrons. The number of aryl methyl sites for hydroxylation is 1. The molecule has 6 heteroatoms. The Kier molecular flexibility index (Phi) is 3.27. The standard InChI is InChI=1S/C12H14N4O2/c1-8-9(7-15-16(8)2)6-14-10-4-3-5-13-11(10)12(17)18/h3-5,7,14H,6H2,1-2H3,(H,17,18). The highest BCUT2D eigenvalue weighted by atomic mass is 16.4. The molecule has 0 aromatic carbocycles. The first-order valence-electron chi connectivity index (χ1n) is 5.49. The molecule has 0 fully saturated rings. The molecule has 0 bridgehead atoms. The number of hydrogen-bond acceptors (Lipinski definition) is 4. The first-order chi connectivity index (χ1) is 8.59. The molecule has 0 spiro atoms. The zero-order valence-electron chi connectivity index (χ0n) is 10.2. The van der Waals surface area contributed by atoms with Crippen LogP contribution >= 0.6 is 0 Å². The van der Waals surface area contributed by atoms with Gasteiger partial charge in [-0.25, -0.2) is 9.78 Å². The summed E-state index contributed by atoms with van der Waals surface area (Å²) in [6.45, 7) is 2.48. The monoisotopic (exact) mass is 246 g/mol. The Hall–Kier alpha value is -2.37. The Balaban J connectivity index is 2.16. The molecule has 2 N–H and O–H groups in total. The maximum atomic E-state index is 11.0.